The SMILES string of the molecule is CSCCC(N)C(=O)NC(Cc1ccc(O)cc1)C(=O)O. The second kappa shape index (κ2) is 8.53. The van der Waals surface area contributed by atoms with Crippen molar-refractivity contribution >= 4 is 23.6 Å². The third kappa shape index (κ3) is 6.05. The minimum atomic E-state index is -1.12. The number of aliphatic carboxylic acids is 1. The molecule has 0 aliphatic heterocycles. The van der Waals surface area contributed by atoms with Gasteiger partial charge in [0, 0.05) is 6.42 Å². The number of aromatic hydroxyl groups is 1. The average molecular weight is 312 g/mol. The van der Waals surface area contributed by atoms with Gasteiger partial charge in [0.2, 0.25) is 5.91 Å². The summed E-state index contributed by atoms with van der Waals surface area (Å²) in [6.45, 7) is 0. The molecule has 1 aromatic carbocycles. The van der Waals surface area contributed by atoms with E-state index in [9.17, 15) is 19.8 Å². The number of nitrogens with two attached hydrogens (primary N) is 1. The molecule has 2 atom stereocenters. The molecule has 1 aromatic rings. The van der Waals surface area contributed by atoms with Crippen LogP contribution in [0.4, 0.5) is 0 Å². The predicted octanol–water partition coefficient (Wildman–Crippen LogP) is 0.584. The van der Waals surface area contributed by atoms with Crippen molar-refractivity contribution in [2.24, 2.45) is 5.73 Å². The van der Waals surface area contributed by atoms with Crippen molar-refractivity contribution in [3.8, 4) is 5.75 Å². The normalized spacial score (nSPS) is 13.4. The fourth-order valence-electron chi connectivity index (χ4n) is 1.72. The molecule has 0 saturated heterocycles. The second-order valence-electron chi connectivity index (χ2n) is 4.66. The maximum atomic E-state index is 11.9. The molecule has 6 nitrogen and oxygen atoms in total. The van der Waals surface area contributed by atoms with E-state index >= 15 is 0 Å². The Kier molecular flexibility index (Phi) is 7.04. The molecule has 1 rings (SSSR count). The molecular weight excluding hydrogens is 292 g/mol. The van der Waals surface area contributed by atoms with Crippen LogP contribution in [-0.2, 0) is 16.0 Å². The molecule has 1 amide bonds. The number of nitrogens with one attached hydrogen (secondary N) is 1. The van der Waals surface area contributed by atoms with Gasteiger partial charge in [-0.05, 0) is 36.1 Å². The van der Waals surface area contributed by atoms with Gasteiger partial charge in [-0.15, -0.1) is 0 Å². The maximum Gasteiger partial charge on any atom is 0.326 e. The Bertz CT molecular complexity index is 478. The minimum absolute atomic E-state index is 0.105. The van der Waals surface area contributed by atoms with Crippen LogP contribution < -0.4 is 11.1 Å². The summed E-state index contributed by atoms with van der Waals surface area (Å²) in [6.07, 6.45) is 2.55. The van der Waals surface area contributed by atoms with E-state index in [0.29, 0.717) is 12.0 Å². The number of benzene rings is 1. The van der Waals surface area contributed by atoms with Crippen molar-refractivity contribution in [1.29, 1.82) is 0 Å². The number of carbonyl (C=O) groups is 2. The first-order chi connectivity index (χ1) is 9.93. The quantitative estimate of drug-likeness (QED) is 0.559. The van der Waals surface area contributed by atoms with Crippen molar-refractivity contribution in [3.63, 3.8) is 0 Å². The van der Waals surface area contributed by atoms with E-state index in [2.05, 4.69) is 5.32 Å². The zero-order valence-corrected chi connectivity index (χ0v) is 12.6. The first-order valence-electron chi connectivity index (χ1n) is 6.49. The highest BCUT2D eigenvalue weighted by Gasteiger charge is 2.23. The number of carbonyl (C=O) groups excluding carboxylic acids is 1. The summed E-state index contributed by atoms with van der Waals surface area (Å²) in [6, 6.07) is 4.43. The van der Waals surface area contributed by atoms with Gasteiger partial charge in [0.25, 0.3) is 0 Å². The van der Waals surface area contributed by atoms with Crippen LogP contribution >= 0.6 is 11.8 Å². The molecule has 7 heteroatoms. The van der Waals surface area contributed by atoms with E-state index in [0.717, 1.165) is 5.75 Å². The van der Waals surface area contributed by atoms with Crippen molar-refractivity contribution in [2.45, 2.75) is 24.9 Å². The second-order valence-corrected chi connectivity index (χ2v) is 5.64. The molecule has 0 aliphatic rings. The Morgan fingerprint density at radius 1 is 1.33 bits per heavy atom. The number of phenols is 1. The first kappa shape index (κ1) is 17.3. The lowest BCUT2D eigenvalue weighted by molar-refractivity contribution is -0.142. The standard InChI is InChI=1S/C14H20N2O4S/c1-21-7-6-11(15)13(18)16-12(14(19)20)8-9-2-4-10(17)5-3-9/h2-5,11-12,17H,6-8,15H2,1H3,(H,16,18)(H,19,20). The van der Waals surface area contributed by atoms with Crippen LogP contribution in [0.5, 0.6) is 5.75 Å². The summed E-state index contributed by atoms with van der Waals surface area (Å²) >= 11 is 1.58. The molecule has 0 saturated carbocycles. The third-order valence-corrected chi connectivity index (χ3v) is 3.60. The van der Waals surface area contributed by atoms with E-state index in [1.807, 2.05) is 6.26 Å². The van der Waals surface area contributed by atoms with Gasteiger partial charge in [-0.3, -0.25) is 4.79 Å². The molecule has 116 valence electrons. The lowest BCUT2D eigenvalue weighted by Crippen LogP contribution is -2.49. The molecule has 5 N–H and O–H groups in total. The van der Waals surface area contributed by atoms with Crippen LogP contribution in [0.15, 0.2) is 24.3 Å². The van der Waals surface area contributed by atoms with Crippen molar-refractivity contribution < 1.29 is 19.8 Å². The number of thioether (sulfide) groups is 1. The predicted molar refractivity (Wildman–Crippen MR) is 82.4 cm³/mol. The van der Waals surface area contributed by atoms with Crippen LogP contribution in [-0.4, -0.2) is 46.2 Å². The molecule has 0 fully saturated rings. The average Bonchev–Trinajstić information content (AvgIpc) is 2.45. The largest absolute Gasteiger partial charge is 0.508 e. The van der Waals surface area contributed by atoms with Crippen LogP contribution in [0.3, 0.4) is 0 Å². The number of rotatable bonds is 8. The number of carboxylic acid groups (broad SMARTS) is 1. The number of phenolic OH excluding ortho intramolecular Hbond substituents is 1. The lowest BCUT2D eigenvalue weighted by Gasteiger charge is -2.17. The summed E-state index contributed by atoms with van der Waals surface area (Å²) in [5.41, 5.74) is 6.42. The first-order valence-corrected chi connectivity index (χ1v) is 7.89. The van der Waals surface area contributed by atoms with Gasteiger partial charge in [-0.25, -0.2) is 4.79 Å². The topological polar surface area (TPSA) is 113 Å². The molecule has 0 radical (unpaired) electrons. The van der Waals surface area contributed by atoms with Crippen LogP contribution in [0.25, 0.3) is 0 Å². The Balaban J connectivity index is 2.63. The molecule has 0 spiro atoms. The van der Waals surface area contributed by atoms with Gasteiger partial charge >= 0.3 is 5.97 Å². The van der Waals surface area contributed by atoms with E-state index in [4.69, 9.17) is 5.73 Å². The van der Waals surface area contributed by atoms with Crippen molar-refractivity contribution in [2.75, 3.05) is 12.0 Å². The van der Waals surface area contributed by atoms with E-state index in [-0.39, 0.29) is 12.2 Å². The summed E-state index contributed by atoms with van der Waals surface area (Å²) in [5.74, 6) is -0.734. The minimum Gasteiger partial charge on any atom is -0.508 e. The Morgan fingerprint density at radius 2 is 1.95 bits per heavy atom. The maximum absolute atomic E-state index is 11.9. The molecular formula is C14H20N2O4S. The zero-order chi connectivity index (χ0) is 15.8. The summed E-state index contributed by atoms with van der Waals surface area (Å²) in [7, 11) is 0. The van der Waals surface area contributed by atoms with Crippen LogP contribution in [0.1, 0.15) is 12.0 Å². The Labute approximate surface area is 127 Å². The number of hydrogen-bond acceptors (Lipinski definition) is 5. The van der Waals surface area contributed by atoms with Crippen molar-refractivity contribution in [3.05, 3.63) is 29.8 Å². The van der Waals surface area contributed by atoms with E-state index in [1.165, 1.54) is 12.1 Å². The van der Waals surface area contributed by atoms with Crippen molar-refractivity contribution in [1.82, 2.24) is 5.32 Å². The van der Waals surface area contributed by atoms with E-state index in [1.54, 1.807) is 23.9 Å². The molecule has 0 aliphatic carbocycles. The number of hydrogen-bond donors (Lipinski definition) is 4. The van der Waals surface area contributed by atoms with Gasteiger partial charge < -0.3 is 21.3 Å². The molecule has 0 bridgehead atoms. The summed E-state index contributed by atoms with van der Waals surface area (Å²) in [5, 5.41) is 20.8. The lowest BCUT2D eigenvalue weighted by atomic mass is 10.1. The number of amides is 1. The van der Waals surface area contributed by atoms with Gasteiger partial charge in [-0.1, -0.05) is 12.1 Å². The summed E-state index contributed by atoms with van der Waals surface area (Å²) < 4.78 is 0. The van der Waals surface area contributed by atoms with Gasteiger partial charge in [0.1, 0.15) is 11.8 Å². The molecule has 0 aromatic heterocycles. The Hall–Kier alpha value is -1.73. The van der Waals surface area contributed by atoms with E-state index < -0.39 is 24.0 Å². The summed E-state index contributed by atoms with van der Waals surface area (Å²) in [4.78, 5) is 23.1. The smallest absolute Gasteiger partial charge is 0.326 e. The Morgan fingerprint density at radius 3 is 2.48 bits per heavy atom. The fraction of sp³-hybridized carbons (Fsp3) is 0.429. The molecule has 2 unspecified atom stereocenters. The third-order valence-electron chi connectivity index (χ3n) is 2.96. The fourth-order valence-corrected chi connectivity index (χ4v) is 2.21. The monoisotopic (exact) mass is 312 g/mol. The van der Waals surface area contributed by atoms with Gasteiger partial charge in [0.15, 0.2) is 0 Å². The highest BCUT2D eigenvalue weighted by molar-refractivity contribution is 7.98. The van der Waals surface area contributed by atoms with Gasteiger partial charge in [-0.2, -0.15) is 11.8 Å². The molecule has 21 heavy (non-hydrogen) atoms. The molecule has 0 heterocycles. The van der Waals surface area contributed by atoms with Crippen LogP contribution in [0.2, 0.25) is 0 Å². The van der Waals surface area contributed by atoms with Gasteiger partial charge in [0.05, 0.1) is 6.04 Å². The zero-order valence-electron chi connectivity index (χ0n) is 11.8. The van der Waals surface area contributed by atoms with Crippen LogP contribution in [0, 0.1) is 0 Å². The highest BCUT2D eigenvalue weighted by Crippen LogP contribution is 2.11. The number of carboxylic acids is 1. The highest BCUT2D eigenvalue weighted by atomic mass is 32.2.